The van der Waals surface area contributed by atoms with Gasteiger partial charge in [-0.1, -0.05) is 19.4 Å². The van der Waals surface area contributed by atoms with Crippen molar-refractivity contribution >= 4 is 35.6 Å². The fourth-order valence-electron chi connectivity index (χ4n) is 2.64. The molecule has 4 N–H and O–H groups in total. The minimum atomic E-state index is -0.258. The van der Waals surface area contributed by atoms with Gasteiger partial charge >= 0.3 is 0 Å². The highest BCUT2D eigenvalue weighted by atomic mass is 127. The maximum Gasteiger partial charge on any atom is 0.188 e. The third kappa shape index (κ3) is 6.43. The lowest BCUT2D eigenvalue weighted by atomic mass is 10.1. The predicted octanol–water partition coefficient (Wildman–Crippen LogP) is 2.61. The SMILES string of the molecule is CCCCNC(N)=NCc1ccc(N2CCC(O)CC2)c(F)c1.I. The number of hydrogen-bond acceptors (Lipinski definition) is 3. The fourth-order valence-corrected chi connectivity index (χ4v) is 2.64. The van der Waals surface area contributed by atoms with Crippen LogP contribution in [0.3, 0.4) is 0 Å². The summed E-state index contributed by atoms with van der Waals surface area (Å²) in [7, 11) is 0. The normalized spacial score (nSPS) is 16.0. The van der Waals surface area contributed by atoms with Crippen molar-refractivity contribution in [1.29, 1.82) is 0 Å². The van der Waals surface area contributed by atoms with E-state index in [0.717, 1.165) is 24.9 Å². The second kappa shape index (κ2) is 10.7. The van der Waals surface area contributed by atoms with Crippen LogP contribution in [0.25, 0.3) is 0 Å². The molecule has 0 aliphatic carbocycles. The van der Waals surface area contributed by atoms with Crippen molar-refractivity contribution < 1.29 is 9.50 Å². The van der Waals surface area contributed by atoms with Crippen LogP contribution >= 0.6 is 24.0 Å². The van der Waals surface area contributed by atoms with E-state index in [1.807, 2.05) is 11.0 Å². The van der Waals surface area contributed by atoms with Gasteiger partial charge < -0.3 is 21.1 Å². The van der Waals surface area contributed by atoms with Crippen LogP contribution in [0.4, 0.5) is 10.1 Å². The van der Waals surface area contributed by atoms with Crippen molar-refractivity contribution in [3.05, 3.63) is 29.6 Å². The van der Waals surface area contributed by atoms with Crippen LogP contribution in [0.1, 0.15) is 38.2 Å². The van der Waals surface area contributed by atoms with Gasteiger partial charge in [0.15, 0.2) is 5.96 Å². The summed E-state index contributed by atoms with van der Waals surface area (Å²) in [6.07, 6.45) is 3.26. The van der Waals surface area contributed by atoms with Crippen LogP contribution < -0.4 is 16.0 Å². The molecule has 0 atom stereocenters. The number of guanidine groups is 1. The van der Waals surface area contributed by atoms with Crippen LogP contribution in [-0.4, -0.2) is 36.8 Å². The highest BCUT2D eigenvalue weighted by Gasteiger charge is 2.19. The molecule has 1 heterocycles. The van der Waals surface area contributed by atoms with Gasteiger partial charge in [0.2, 0.25) is 0 Å². The third-order valence-electron chi connectivity index (χ3n) is 4.09. The summed E-state index contributed by atoms with van der Waals surface area (Å²) >= 11 is 0. The second-order valence-electron chi connectivity index (χ2n) is 5.99. The summed E-state index contributed by atoms with van der Waals surface area (Å²) in [6, 6.07) is 5.19. The summed E-state index contributed by atoms with van der Waals surface area (Å²) in [5, 5.41) is 12.6. The molecule has 1 aromatic rings. The first kappa shape index (κ1) is 21.0. The number of hydrogen-bond donors (Lipinski definition) is 3. The Bertz CT molecular complexity index is 533. The quantitative estimate of drug-likeness (QED) is 0.270. The zero-order valence-corrected chi connectivity index (χ0v) is 16.5. The Morgan fingerprint density at radius 3 is 2.75 bits per heavy atom. The molecule has 1 aliphatic heterocycles. The molecule has 1 fully saturated rings. The van der Waals surface area contributed by atoms with Gasteiger partial charge in [0.05, 0.1) is 18.3 Å². The zero-order chi connectivity index (χ0) is 16.7. The summed E-state index contributed by atoms with van der Waals surface area (Å²) in [5.41, 5.74) is 7.16. The molecule has 0 saturated carbocycles. The largest absolute Gasteiger partial charge is 0.393 e. The number of unbranched alkanes of at least 4 members (excludes halogenated alkanes) is 1. The molecule has 2 rings (SSSR count). The smallest absolute Gasteiger partial charge is 0.188 e. The van der Waals surface area contributed by atoms with Crippen molar-refractivity contribution in [3.63, 3.8) is 0 Å². The summed E-state index contributed by atoms with van der Waals surface area (Å²) in [5.74, 6) is 0.152. The number of rotatable bonds is 6. The number of nitrogens with zero attached hydrogens (tertiary/aromatic N) is 2. The number of anilines is 1. The summed E-state index contributed by atoms with van der Waals surface area (Å²) in [4.78, 5) is 6.21. The maximum atomic E-state index is 14.3. The maximum absolute atomic E-state index is 14.3. The Morgan fingerprint density at radius 1 is 1.42 bits per heavy atom. The van der Waals surface area contributed by atoms with Gasteiger partial charge in [-0.15, -0.1) is 24.0 Å². The van der Waals surface area contributed by atoms with Crippen LogP contribution in [-0.2, 0) is 6.54 Å². The van der Waals surface area contributed by atoms with Gasteiger partial charge in [-0.2, -0.15) is 0 Å². The number of halogens is 2. The van der Waals surface area contributed by atoms with Gasteiger partial charge in [-0.05, 0) is 37.0 Å². The van der Waals surface area contributed by atoms with Gasteiger partial charge in [0, 0.05) is 19.6 Å². The molecule has 0 spiro atoms. The number of piperidine rings is 1. The molecular formula is C17H28FIN4O. The van der Waals surface area contributed by atoms with Crippen LogP contribution in [0.2, 0.25) is 0 Å². The van der Waals surface area contributed by atoms with Crippen molar-refractivity contribution in [1.82, 2.24) is 5.32 Å². The van der Waals surface area contributed by atoms with E-state index in [1.165, 1.54) is 6.07 Å². The first-order chi connectivity index (χ1) is 11.1. The molecule has 1 aliphatic rings. The van der Waals surface area contributed by atoms with E-state index in [9.17, 15) is 9.50 Å². The van der Waals surface area contributed by atoms with E-state index in [1.54, 1.807) is 6.07 Å². The van der Waals surface area contributed by atoms with Crippen molar-refractivity contribution in [2.45, 2.75) is 45.3 Å². The highest BCUT2D eigenvalue weighted by Crippen LogP contribution is 2.24. The van der Waals surface area contributed by atoms with E-state index >= 15 is 0 Å². The lowest BCUT2D eigenvalue weighted by Crippen LogP contribution is -2.36. The van der Waals surface area contributed by atoms with Crippen molar-refractivity contribution in [2.24, 2.45) is 10.7 Å². The Balaban J connectivity index is 0.00000288. The molecule has 0 aromatic heterocycles. The third-order valence-corrected chi connectivity index (χ3v) is 4.09. The Labute approximate surface area is 160 Å². The van der Waals surface area contributed by atoms with Crippen LogP contribution in [0.15, 0.2) is 23.2 Å². The number of nitrogens with one attached hydrogen (secondary N) is 1. The molecule has 1 aromatic carbocycles. The first-order valence-electron chi connectivity index (χ1n) is 8.35. The molecule has 7 heteroatoms. The van der Waals surface area contributed by atoms with E-state index in [-0.39, 0.29) is 35.9 Å². The molecule has 0 bridgehead atoms. The van der Waals surface area contributed by atoms with E-state index in [2.05, 4.69) is 17.2 Å². The minimum Gasteiger partial charge on any atom is -0.393 e. The van der Waals surface area contributed by atoms with Gasteiger partial charge in [-0.3, -0.25) is 0 Å². The second-order valence-corrected chi connectivity index (χ2v) is 5.99. The Morgan fingerprint density at radius 2 is 2.12 bits per heavy atom. The van der Waals surface area contributed by atoms with Crippen LogP contribution in [0.5, 0.6) is 0 Å². The highest BCUT2D eigenvalue weighted by molar-refractivity contribution is 14.0. The molecule has 1 saturated heterocycles. The van der Waals surface area contributed by atoms with Gasteiger partial charge in [-0.25, -0.2) is 9.38 Å². The summed E-state index contributed by atoms with van der Waals surface area (Å²) < 4.78 is 14.3. The van der Waals surface area contributed by atoms with Crippen LogP contribution in [0, 0.1) is 5.82 Å². The average molecular weight is 450 g/mol. The topological polar surface area (TPSA) is 73.9 Å². The number of aliphatic hydroxyl groups is 1. The lowest BCUT2D eigenvalue weighted by Gasteiger charge is -2.31. The molecular weight excluding hydrogens is 422 g/mol. The van der Waals surface area contributed by atoms with Crippen molar-refractivity contribution in [2.75, 3.05) is 24.5 Å². The number of nitrogens with two attached hydrogens (primary N) is 1. The fraction of sp³-hybridized carbons (Fsp3) is 0.588. The first-order valence-corrected chi connectivity index (χ1v) is 8.35. The van der Waals surface area contributed by atoms with E-state index < -0.39 is 0 Å². The van der Waals surface area contributed by atoms with E-state index in [0.29, 0.717) is 44.1 Å². The number of aliphatic imine (C=N–C) groups is 1. The molecule has 0 unspecified atom stereocenters. The summed E-state index contributed by atoms with van der Waals surface area (Å²) in [6.45, 7) is 4.65. The van der Waals surface area contributed by atoms with Gasteiger partial charge in [0.25, 0.3) is 0 Å². The minimum absolute atomic E-state index is 0. The number of benzene rings is 1. The monoisotopic (exact) mass is 450 g/mol. The number of aliphatic hydroxyl groups excluding tert-OH is 1. The van der Waals surface area contributed by atoms with Gasteiger partial charge in [0.1, 0.15) is 5.82 Å². The molecule has 0 amide bonds. The molecule has 136 valence electrons. The lowest BCUT2D eigenvalue weighted by molar-refractivity contribution is 0.145. The molecule has 5 nitrogen and oxygen atoms in total. The Kier molecular flexibility index (Phi) is 9.35. The predicted molar refractivity (Wildman–Crippen MR) is 108 cm³/mol. The molecule has 0 radical (unpaired) electrons. The molecule has 24 heavy (non-hydrogen) atoms. The standard InChI is InChI=1S/C17H27FN4O.HI/c1-2-3-8-20-17(19)21-12-13-4-5-16(15(18)11-13)22-9-6-14(23)7-10-22;/h4-5,11,14,23H,2-3,6-10,12H2,1H3,(H3,19,20,21);1H. The van der Waals surface area contributed by atoms with Crippen molar-refractivity contribution in [3.8, 4) is 0 Å². The van der Waals surface area contributed by atoms with E-state index in [4.69, 9.17) is 5.73 Å². The Hall–Kier alpha value is -1.09. The average Bonchev–Trinajstić information content (AvgIpc) is 2.54. The zero-order valence-electron chi connectivity index (χ0n) is 14.2.